The van der Waals surface area contributed by atoms with E-state index in [0.29, 0.717) is 19.0 Å². The zero-order chi connectivity index (χ0) is 16.0. The molecular formula is C16H30N2O3. The molecule has 2 amide bonds. The second-order valence-corrected chi connectivity index (χ2v) is 6.77. The third kappa shape index (κ3) is 4.90. The van der Waals surface area contributed by atoms with Crippen LogP contribution in [-0.2, 0) is 4.79 Å². The van der Waals surface area contributed by atoms with Crippen LogP contribution in [0.3, 0.4) is 0 Å². The number of carboxylic acid groups (broad SMARTS) is 1. The summed E-state index contributed by atoms with van der Waals surface area (Å²) >= 11 is 0. The van der Waals surface area contributed by atoms with Crippen molar-refractivity contribution in [3.8, 4) is 0 Å². The molecule has 0 saturated heterocycles. The SMILES string of the molecule is CCN(C(=O)NCCC1CCCC(C)C1)C(C)(C)C(=O)O. The Labute approximate surface area is 128 Å². The van der Waals surface area contributed by atoms with Gasteiger partial charge < -0.3 is 15.3 Å². The molecule has 21 heavy (non-hydrogen) atoms. The maximum absolute atomic E-state index is 12.2. The Morgan fingerprint density at radius 1 is 1.33 bits per heavy atom. The first kappa shape index (κ1) is 17.8. The second-order valence-electron chi connectivity index (χ2n) is 6.77. The van der Waals surface area contributed by atoms with Crippen LogP contribution in [0.5, 0.6) is 0 Å². The van der Waals surface area contributed by atoms with Crippen molar-refractivity contribution in [3.05, 3.63) is 0 Å². The molecule has 1 aliphatic carbocycles. The van der Waals surface area contributed by atoms with Crippen LogP contribution >= 0.6 is 0 Å². The smallest absolute Gasteiger partial charge is 0.329 e. The van der Waals surface area contributed by atoms with Gasteiger partial charge in [-0.25, -0.2) is 9.59 Å². The minimum atomic E-state index is -1.18. The van der Waals surface area contributed by atoms with Gasteiger partial charge in [-0.1, -0.05) is 26.2 Å². The van der Waals surface area contributed by atoms with E-state index in [9.17, 15) is 14.7 Å². The molecule has 1 rings (SSSR count). The Hall–Kier alpha value is -1.26. The van der Waals surface area contributed by atoms with E-state index < -0.39 is 11.5 Å². The van der Waals surface area contributed by atoms with Crippen LogP contribution in [0.2, 0.25) is 0 Å². The van der Waals surface area contributed by atoms with Crippen LogP contribution in [0.4, 0.5) is 4.79 Å². The first-order valence-electron chi connectivity index (χ1n) is 8.07. The molecule has 0 aliphatic heterocycles. The predicted octanol–water partition coefficient (Wildman–Crippen LogP) is 3.10. The van der Waals surface area contributed by atoms with Gasteiger partial charge in [0.05, 0.1) is 0 Å². The summed E-state index contributed by atoms with van der Waals surface area (Å²) in [6.45, 7) is 8.21. The number of urea groups is 1. The number of hydrogen-bond donors (Lipinski definition) is 2. The first-order valence-corrected chi connectivity index (χ1v) is 8.07. The van der Waals surface area contributed by atoms with Gasteiger partial charge in [0.15, 0.2) is 0 Å². The van der Waals surface area contributed by atoms with Crippen molar-refractivity contribution >= 4 is 12.0 Å². The van der Waals surface area contributed by atoms with Gasteiger partial charge in [-0.05, 0) is 45.4 Å². The molecular weight excluding hydrogens is 268 g/mol. The molecule has 5 nitrogen and oxygen atoms in total. The molecule has 0 radical (unpaired) electrons. The summed E-state index contributed by atoms with van der Waals surface area (Å²) in [6, 6.07) is -0.284. The van der Waals surface area contributed by atoms with Crippen LogP contribution in [-0.4, -0.2) is 40.6 Å². The summed E-state index contributed by atoms with van der Waals surface area (Å²) < 4.78 is 0. The van der Waals surface area contributed by atoms with Gasteiger partial charge in [0.25, 0.3) is 0 Å². The normalized spacial score (nSPS) is 22.7. The fourth-order valence-electron chi connectivity index (χ4n) is 3.21. The molecule has 0 aromatic rings. The van der Waals surface area contributed by atoms with Crippen LogP contribution < -0.4 is 5.32 Å². The predicted molar refractivity (Wildman–Crippen MR) is 83.2 cm³/mol. The number of carboxylic acids is 1. The largest absolute Gasteiger partial charge is 0.480 e. The van der Waals surface area contributed by atoms with Crippen LogP contribution in [0.25, 0.3) is 0 Å². The number of nitrogens with one attached hydrogen (secondary N) is 1. The standard InChI is InChI=1S/C16H30N2O3/c1-5-18(16(3,4)14(19)20)15(21)17-10-9-13-8-6-7-12(2)11-13/h12-13H,5-11H2,1-4H3,(H,17,21)(H,19,20). The van der Waals surface area contributed by atoms with Crippen molar-refractivity contribution < 1.29 is 14.7 Å². The summed E-state index contributed by atoms with van der Waals surface area (Å²) in [4.78, 5) is 24.8. The minimum absolute atomic E-state index is 0.284. The Balaban J connectivity index is 2.43. The molecule has 5 heteroatoms. The van der Waals surface area contributed by atoms with Gasteiger partial charge in [-0.15, -0.1) is 0 Å². The molecule has 1 saturated carbocycles. The summed E-state index contributed by atoms with van der Waals surface area (Å²) in [7, 11) is 0. The molecule has 2 atom stereocenters. The highest BCUT2D eigenvalue weighted by atomic mass is 16.4. The van der Waals surface area contributed by atoms with E-state index in [2.05, 4.69) is 12.2 Å². The highest BCUT2D eigenvalue weighted by Crippen LogP contribution is 2.30. The van der Waals surface area contributed by atoms with Crippen molar-refractivity contribution in [1.82, 2.24) is 10.2 Å². The number of aliphatic carboxylic acids is 1. The molecule has 0 heterocycles. The van der Waals surface area contributed by atoms with E-state index >= 15 is 0 Å². The van der Waals surface area contributed by atoms with E-state index in [0.717, 1.165) is 12.3 Å². The van der Waals surface area contributed by atoms with Crippen LogP contribution in [0.1, 0.15) is 59.8 Å². The van der Waals surface area contributed by atoms with E-state index in [1.807, 2.05) is 0 Å². The molecule has 122 valence electrons. The van der Waals surface area contributed by atoms with Gasteiger partial charge in [0.2, 0.25) is 0 Å². The van der Waals surface area contributed by atoms with Gasteiger partial charge in [-0.2, -0.15) is 0 Å². The van der Waals surface area contributed by atoms with Crippen LogP contribution in [0.15, 0.2) is 0 Å². The number of rotatable bonds is 6. The van der Waals surface area contributed by atoms with Crippen molar-refractivity contribution in [2.75, 3.05) is 13.1 Å². The van der Waals surface area contributed by atoms with Gasteiger partial charge in [0.1, 0.15) is 5.54 Å². The summed E-state index contributed by atoms with van der Waals surface area (Å²) in [5, 5.41) is 12.1. The molecule has 2 N–H and O–H groups in total. The Morgan fingerprint density at radius 3 is 2.52 bits per heavy atom. The lowest BCUT2D eigenvalue weighted by atomic mass is 9.81. The van der Waals surface area contributed by atoms with Gasteiger partial charge in [0, 0.05) is 13.1 Å². The first-order chi connectivity index (χ1) is 9.78. The van der Waals surface area contributed by atoms with Crippen molar-refractivity contribution in [2.24, 2.45) is 11.8 Å². The molecule has 0 bridgehead atoms. The third-order valence-electron chi connectivity index (χ3n) is 4.63. The van der Waals surface area contributed by atoms with E-state index in [1.54, 1.807) is 20.8 Å². The number of amides is 2. The fraction of sp³-hybridized carbons (Fsp3) is 0.875. The van der Waals surface area contributed by atoms with Crippen molar-refractivity contribution in [2.45, 2.75) is 65.3 Å². The number of carbonyl (C=O) groups excluding carboxylic acids is 1. The lowest BCUT2D eigenvalue weighted by Crippen LogP contribution is -2.56. The maximum Gasteiger partial charge on any atom is 0.329 e. The zero-order valence-corrected chi connectivity index (χ0v) is 13.8. The molecule has 0 aromatic carbocycles. The average molecular weight is 298 g/mol. The topological polar surface area (TPSA) is 69.6 Å². The number of nitrogens with zero attached hydrogens (tertiary/aromatic N) is 1. The summed E-state index contributed by atoms with van der Waals surface area (Å²) in [5.74, 6) is 0.495. The molecule has 2 unspecified atom stereocenters. The maximum atomic E-state index is 12.2. The lowest BCUT2D eigenvalue weighted by Gasteiger charge is -2.34. The number of carbonyl (C=O) groups is 2. The van der Waals surface area contributed by atoms with Crippen LogP contribution in [0, 0.1) is 11.8 Å². The van der Waals surface area contributed by atoms with Crippen molar-refractivity contribution in [3.63, 3.8) is 0 Å². The number of likely N-dealkylation sites (N-methyl/N-ethyl adjacent to an activating group) is 1. The average Bonchev–Trinajstić information content (AvgIpc) is 2.39. The van der Waals surface area contributed by atoms with E-state index in [1.165, 1.54) is 30.6 Å². The molecule has 0 spiro atoms. The summed E-state index contributed by atoms with van der Waals surface area (Å²) in [5.41, 5.74) is -1.18. The van der Waals surface area contributed by atoms with Crippen molar-refractivity contribution in [1.29, 1.82) is 0 Å². The monoisotopic (exact) mass is 298 g/mol. The highest BCUT2D eigenvalue weighted by molar-refractivity contribution is 5.85. The Kier molecular flexibility index (Phi) is 6.49. The molecule has 0 aromatic heterocycles. The second kappa shape index (κ2) is 7.66. The Bertz CT molecular complexity index is 369. The molecule has 1 fully saturated rings. The zero-order valence-electron chi connectivity index (χ0n) is 13.8. The highest BCUT2D eigenvalue weighted by Gasteiger charge is 2.36. The quantitative estimate of drug-likeness (QED) is 0.791. The molecule has 1 aliphatic rings. The van der Waals surface area contributed by atoms with E-state index in [-0.39, 0.29) is 6.03 Å². The van der Waals surface area contributed by atoms with Gasteiger partial charge >= 0.3 is 12.0 Å². The number of hydrogen-bond acceptors (Lipinski definition) is 2. The lowest BCUT2D eigenvalue weighted by molar-refractivity contribution is -0.147. The Morgan fingerprint density at radius 2 is 2.00 bits per heavy atom. The fourth-order valence-corrected chi connectivity index (χ4v) is 3.21. The third-order valence-corrected chi connectivity index (χ3v) is 4.63. The van der Waals surface area contributed by atoms with E-state index in [4.69, 9.17) is 0 Å². The van der Waals surface area contributed by atoms with Gasteiger partial charge in [-0.3, -0.25) is 0 Å². The summed E-state index contributed by atoms with van der Waals surface area (Å²) in [6.07, 6.45) is 6.08. The minimum Gasteiger partial charge on any atom is -0.480 e.